The highest BCUT2D eigenvalue weighted by Crippen LogP contribution is 2.50. The summed E-state index contributed by atoms with van der Waals surface area (Å²) in [6.45, 7) is 0. The number of thiophene rings is 2. The Morgan fingerprint density at radius 3 is 0.927 bits per heavy atom. The van der Waals surface area contributed by atoms with Gasteiger partial charge >= 0.3 is 0 Å². The number of hydrogen-bond donors (Lipinski definition) is 0. The molecule has 0 saturated heterocycles. The highest BCUT2D eigenvalue weighted by atomic mass is 32.1. The molecule has 18 aromatic carbocycles. The molecule has 16 heteroatoms. The van der Waals surface area contributed by atoms with E-state index in [1.807, 2.05) is 265 Å². The summed E-state index contributed by atoms with van der Waals surface area (Å²) in [4.78, 5) is 59.6. The third kappa shape index (κ3) is 16.0. The van der Waals surface area contributed by atoms with Gasteiger partial charge < -0.3 is 4.57 Å². The Balaban J connectivity index is 0.000000125. The Labute approximate surface area is 795 Å². The van der Waals surface area contributed by atoms with Gasteiger partial charge in [-0.3, -0.25) is 0 Å². The van der Waals surface area contributed by atoms with Crippen molar-refractivity contribution in [2.45, 2.75) is 6.42 Å². The van der Waals surface area contributed by atoms with Crippen molar-refractivity contribution in [1.82, 2.24) is 64.4 Å². The summed E-state index contributed by atoms with van der Waals surface area (Å²) in [5.74, 6) is 5.48. The van der Waals surface area contributed by atoms with Crippen LogP contribution < -0.4 is 0 Å². The predicted molar refractivity (Wildman–Crippen MR) is 557 cm³/mol. The molecule has 13 nitrogen and oxygen atoms in total. The molecule has 0 bridgehead atoms. The summed E-state index contributed by atoms with van der Waals surface area (Å²) in [6, 6.07) is 152. The first kappa shape index (κ1) is 82.3. The fraction of sp³-hybridized carbons (Fsp3) is 0.00826. The number of aromatic nitrogens is 13. The average molecular weight is 1800 g/mol. The van der Waals surface area contributed by atoms with Gasteiger partial charge in [0.25, 0.3) is 0 Å². The van der Waals surface area contributed by atoms with E-state index in [4.69, 9.17) is 59.8 Å². The van der Waals surface area contributed by atoms with E-state index in [0.717, 1.165) is 84.2 Å². The maximum absolute atomic E-state index is 15.6. The molecule has 0 atom stereocenters. The maximum atomic E-state index is 15.6. The number of para-hydroxylation sites is 1. The Morgan fingerprint density at radius 1 is 0.197 bits per heavy atom. The molecule has 7 aromatic heterocycles. The predicted octanol–water partition coefficient (Wildman–Crippen LogP) is 30.7. The lowest BCUT2D eigenvalue weighted by Crippen LogP contribution is -2.05. The zero-order valence-electron chi connectivity index (χ0n) is 73.4. The monoisotopic (exact) mass is 1790 g/mol. The number of halogens is 1. The Bertz CT molecular complexity index is 8650. The first-order valence-corrected chi connectivity index (χ1v) is 46.9. The fourth-order valence-corrected chi connectivity index (χ4v) is 20.9. The van der Waals surface area contributed by atoms with E-state index in [1.54, 1.807) is 12.1 Å². The lowest BCUT2D eigenvalue weighted by atomic mass is 9.93. The van der Waals surface area contributed by atoms with Gasteiger partial charge in [-0.15, -0.1) is 22.7 Å². The zero-order valence-corrected chi connectivity index (χ0v) is 75.1. The lowest BCUT2D eigenvalue weighted by Gasteiger charge is -2.16. The van der Waals surface area contributed by atoms with Gasteiger partial charge in [0.2, 0.25) is 0 Å². The molecule has 0 amide bonds. The van der Waals surface area contributed by atoms with E-state index in [2.05, 4.69) is 193 Å². The summed E-state index contributed by atoms with van der Waals surface area (Å²) in [6.07, 6.45) is 1.04. The van der Waals surface area contributed by atoms with E-state index < -0.39 is 5.82 Å². The minimum Gasteiger partial charge on any atom is -0.308 e. The molecule has 0 N–H and O–H groups in total. The van der Waals surface area contributed by atoms with Crippen molar-refractivity contribution >= 4 is 84.8 Å². The second-order valence-electron chi connectivity index (χ2n) is 33.4. The van der Waals surface area contributed by atoms with Gasteiger partial charge in [-0.25, -0.2) is 64.2 Å². The van der Waals surface area contributed by atoms with Crippen LogP contribution in [-0.4, -0.2) is 64.4 Å². The summed E-state index contributed by atoms with van der Waals surface area (Å²) in [7, 11) is 0. The second kappa shape index (κ2) is 36.0. The molecule has 0 spiro atoms. The quantitative estimate of drug-likeness (QED) is 0.0957. The van der Waals surface area contributed by atoms with Crippen molar-refractivity contribution in [3.8, 4) is 176 Å². The summed E-state index contributed by atoms with van der Waals surface area (Å²) >= 11 is 3.76. The van der Waals surface area contributed by atoms with Crippen LogP contribution in [0, 0.1) is 5.82 Å². The highest BCUT2D eigenvalue weighted by molar-refractivity contribution is 7.26. The Morgan fingerprint density at radius 2 is 0.489 bits per heavy atom. The molecule has 0 unspecified atom stereocenters. The molecule has 1 aliphatic rings. The van der Waals surface area contributed by atoms with Gasteiger partial charge in [-0.05, 0) is 100 Å². The largest absolute Gasteiger partial charge is 0.308 e. The van der Waals surface area contributed by atoms with Crippen molar-refractivity contribution in [3.63, 3.8) is 0 Å². The van der Waals surface area contributed by atoms with Crippen LogP contribution >= 0.6 is 22.7 Å². The smallest absolute Gasteiger partial charge is 0.167 e. The van der Waals surface area contributed by atoms with Crippen molar-refractivity contribution in [2.75, 3.05) is 0 Å². The van der Waals surface area contributed by atoms with E-state index in [0.29, 0.717) is 69.6 Å². The number of rotatable bonds is 15. The van der Waals surface area contributed by atoms with Crippen LogP contribution in [0.2, 0.25) is 0 Å². The van der Waals surface area contributed by atoms with Crippen molar-refractivity contribution < 1.29 is 4.39 Å². The van der Waals surface area contributed by atoms with Crippen LogP contribution in [0.5, 0.6) is 0 Å². The van der Waals surface area contributed by atoms with Gasteiger partial charge in [-0.1, -0.05) is 388 Å². The fourth-order valence-electron chi connectivity index (χ4n) is 18.5. The van der Waals surface area contributed by atoms with Gasteiger partial charge in [0.05, 0.1) is 22.3 Å². The minimum atomic E-state index is -0.464. The molecule has 26 rings (SSSR count). The molecule has 7 heterocycles. The van der Waals surface area contributed by atoms with Crippen molar-refractivity contribution in [1.29, 1.82) is 0 Å². The van der Waals surface area contributed by atoms with Crippen LogP contribution in [0.25, 0.3) is 238 Å². The standard InChI is InChI=1S/C60H37N7S.C36H23FN6.C25H16S/c1-5-19-38(20-6-1)55-61-56(39-21-7-2-8-22-39)64-59(63-55)42-35-36-50(48(37-42)60-65-57(40-23-9-3-10-24-40)62-58(66-60)41-25-11-4-12-26-41)67-49-32-15-13-28-47(49)53-44(29-18-33-51(53)67)46-31-17-30-45-43-27-14-16-34-52(43)68-54(45)46;37-30-22-21-28(35-40-31(24-13-5-1-6-14-24)38-32(41-35)25-15-7-2-8-16-25)23-29(30)36-42-33(26-17-9-3-10-18-26)39-34(43-36)27-19-11-4-12-20-27;1-2-9-18-16(7-1)15-17-8-5-11-20(24(17)18)22-13-6-12-21-19-10-3-4-14-23(19)26-25(21)22/h1-37H;1-23H;1-14H,15H2. The zero-order chi connectivity index (χ0) is 91.1. The van der Waals surface area contributed by atoms with Gasteiger partial charge in [-0.2, -0.15) is 0 Å². The molecule has 644 valence electrons. The Hall–Kier alpha value is -17.8. The van der Waals surface area contributed by atoms with E-state index in [-0.39, 0.29) is 11.4 Å². The van der Waals surface area contributed by atoms with Crippen LogP contribution in [0.1, 0.15) is 11.1 Å². The van der Waals surface area contributed by atoms with Crippen molar-refractivity contribution in [2.24, 2.45) is 0 Å². The summed E-state index contributed by atoms with van der Waals surface area (Å²) in [5.41, 5.74) is 23.2. The maximum Gasteiger partial charge on any atom is 0.167 e. The molecule has 1 aliphatic carbocycles. The van der Waals surface area contributed by atoms with Crippen LogP contribution in [0.3, 0.4) is 0 Å². The summed E-state index contributed by atoms with van der Waals surface area (Å²) in [5, 5.41) is 7.60. The normalized spacial score (nSPS) is 11.5. The van der Waals surface area contributed by atoms with Crippen LogP contribution in [-0.2, 0) is 6.42 Å². The highest BCUT2D eigenvalue weighted by Gasteiger charge is 2.28. The van der Waals surface area contributed by atoms with E-state index in [1.165, 1.54) is 96.3 Å². The molecule has 25 aromatic rings. The van der Waals surface area contributed by atoms with Gasteiger partial charge in [0, 0.05) is 123 Å². The molecule has 0 aliphatic heterocycles. The average Bonchev–Trinajstić information content (AvgIpc) is 1.57. The molecule has 0 radical (unpaired) electrons. The van der Waals surface area contributed by atoms with E-state index in [9.17, 15) is 0 Å². The molecule has 137 heavy (non-hydrogen) atoms. The number of nitrogens with zero attached hydrogens (tertiary/aromatic N) is 13. The molecular weight excluding hydrogens is 1720 g/mol. The number of fused-ring (bicyclic) bond motifs is 12. The minimum absolute atomic E-state index is 0.215. The third-order valence-electron chi connectivity index (χ3n) is 24.9. The number of benzene rings is 18. The summed E-state index contributed by atoms with van der Waals surface area (Å²) < 4.78 is 23.3. The molecule has 0 saturated carbocycles. The van der Waals surface area contributed by atoms with Crippen LogP contribution in [0.4, 0.5) is 4.39 Å². The topological polar surface area (TPSA) is 160 Å². The Kier molecular flexibility index (Phi) is 21.7. The second-order valence-corrected chi connectivity index (χ2v) is 35.5. The molecular formula is C121H76FN13S2. The van der Waals surface area contributed by atoms with Gasteiger partial charge in [0.1, 0.15) is 5.82 Å². The number of hydrogen-bond acceptors (Lipinski definition) is 14. The van der Waals surface area contributed by atoms with Crippen molar-refractivity contribution in [3.05, 3.63) is 466 Å². The first-order valence-electron chi connectivity index (χ1n) is 45.3. The van der Waals surface area contributed by atoms with Gasteiger partial charge in [0.15, 0.2) is 69.9 Å². The lowest BCUT2D eigenvalue weighted by molar-refractivity contribution is 0.630. The molecule has 0 fully saturated rings. The third-order valence-corrected chi connectivity index (χ3v) is 27.3. The first-order chi connectivity index (χ1) is 67.8. The SMILES string of the molecule is Fc1ccc(-c2nc(-c3ccccc3)nc(-c3ccccc3)n2)cc1-c1nc(-c2ccccc2)nc(-c2ccccc2)n1.c1ccc(-c2nc(-c3ccccc3)nc(-c3ccc(-n4c5ccccc5c5c(-c6cccc7c6sc6ccccc67)cccc54)c(-c4nc(-c5ccccc5)nc(-c5ccccc5)n4)c3)n2)cc1.c1ccc2c(c1)Cc1cccc(-c3cccc4c3sc3ccccc34)c1-2. The van der Waals surface area contributed by atoms with E-state index >= 15 is 4.39 Å². The van der Waals surface area contributed by atoms with Crippen LogP contribution in [0.15, 0.2) is 449 Å².